The molecule has 0 aliphatic rings. The van der Waals surface area contributed by atoms with Gasteiger partial charge in [0.15, 0.2) is 0 Å². The molecule has 0 heterocycles. The summed E-state index contributed by atoms with van der Waals surface area (Å²) in [6.45, 7) is 10.3. The lowest BCUT2D eigenvalue weighted by Gasteiger charge is -2.32. The third-order valence-corrected chi connectivity index (χ3v) is 3.38. The Hall–Kier alpha value is -1.38. The van der Waals surface area contributed by atoms with Crippen molar-refractivity contribution < 1.29 is 5.11 Å². The van der Waals surface area contributed by atoms with Gasteiger partial charge in [-0.15, -0.1) is 6.58 Å². The molecular weight excluding hydrogens is 246 g/mol. The van der Waals surface area contributed by atoms with Gasteiger partial charge in [-0.1, -0.05) is 69.3 Å². The number of rotatable bonds is 7. The SMILES string of the molecule is C=CC[C@@H](/C=C/c1ccccc1)N[C@H](CO)C(C)(C)C. The van der Waals surface area contributed by atoms with E-state index in [1.165, 1.54) is 5.56 Å². The summed E-state index contributed by atoms with van der Waals surface area (Å²) in [7, 11) is 0. The molecule has 2 nitrogen and oxygen atoms in total. The average Bonchev–Trinajstić information content (AvgIpc) is 2.41. The number of aliphatic hydroxyl groups is 1. The summed E-state index contributed by atoms with van der Waals surface area (Å²) in [5, 5.41) is 13.1. The summed E-state index contributed by atoms with van der Waals surface area (Å²) in [6, 6.07) is 10.5. The molecule has 20 heavy (non-hydrogen) atoms. The van der Waals surface area contributed by atoms with Gasteiger partial charge in [-0.2, -0.15) is 0 Å². The van der Waals surface area contributed by atoms with Crippen LogP contribution in [0.4, 0.5) is 0 Å². The van der Waals surface area contributed by atoms with E-state index >= 15 is 0 Å². The normalized spacial score (nSPS) is 15.2. The van der Waals surface area contributed by atoms with Gasteiger partial charge < -0.3 is 10.4 Å². The van der Waals surface area contributed by atoms with E-state index in [0.717, 1.165) is 6.42 Å². The molecule has 0 amide bonds. The second-order valence-corrected chi connectivity index (χ2v) is 6.17. The summed E-state index contributed by atoms with van der Waals surface area (Å²) in [5.41, 5.74) is 1.20. The van der Waals surface area contributed by atoms with Crippen LogP contribution in [0.15, 0.2) is 49.1 Å². The maximum absolute atomic E-state index is 9.55. The molecule has 0 radical (unpaired) electrons. The number of benzene rings is 1. The molecule has 0 aliphatic heterocycles. The Morgan fingerprint density at radius 1 is 1.25 bits per heavy atom. The highest BCUT2D eigenvalue weighted by atomic mass is 16.3. The van der Waals surface area contributed by atoms with Crippen LogP contribution in [0.5, 0.6) is 0 Å². The van der Waals surface area contributed by atoms with Gasteiger partial charge in [-0.3, -0.25) is 0 Å². The average molecular weight is 273 g/mol. The third kappa shape index (κ3) is 5.72. The summed E-state index contributed by atoms with van der Waals surface area (Å²) in [5.74, 6) is 0. The quantitative estimate of drug-likeness (QED) is 0.743. The molecule has 1 aromatic carbocycles. The zero-order chi connectivity index (χ0) is 15.0. The van der Waals surface area contributed by atoms with E-state index in [0.29, 0.717) is 0 Å². The van der Waals surface area contributed by atoms with Crippen LogP contribution in [-0.2, 0) is 0 Å². The molecule has 0 fully saturated rings. The fourth-order valence-corrected chi connectivity index (χ4v) is 2.01. The topological polar surface area (TPSA) is 32.3 Å². The molecule has 0 bridgehead atoms. The summed E-state index contributed by atoms with van der Waals surface area (Å²) in [6.07, 6.45) is 7.00. The fourth-order valence-electron chi connectivity index (χ4n) is 2.01. The zero-order valence-electron chi connectivity index (χ0n) is 12.8. The molecule has 0 aliphatic carbocycles. The molecule has 0 aromatic heterocycles. The lowest BCUT2D eigenvalue weighted by molar-refractivity contribution is 0.153. The molecule has 0 unspecified atom stereocenters. The lowest BCUT2D eigenvalue weighted by atomic mass is 9.86. The highest BCUT2D eigenvalue weighted by Gasteiger charge is 2.25. The van der Waals surface area contributed by atoms with Crippen LogP contribution in [0.3, 0.4) is 0 Å². The Morgan fingerprint density at radius 3 is 2.40 bits per heavy atom. The Bertz CT molecular complexity index is 417. The van der Waals surface area contributed by atoms with Gasteiger partial charge in [0.2, 0.25) is 0 Å². The van der Waals surface area contributed by atoms with Crippen LogP contribution in [0.2, 0.25) is 0 Å². The Kier molecular flexibility index (Phi) is 6.69. The number of aliphatic hydroxyl groups excluding tert-OH is 1. The maximum Gasteiger partial charge on any atom is 0.0589 e. The van der Waals surface area contributed by atoms with Gasteiger partial charge in [0.05, 0.1) is 6.61 Å². The predicted octanol–water partition coefficient (Wildman–Crippen LogP) is 3.64. The van der Waals surface area contributed by atoms with Gasteiger partial charge in [0.1, 0.15) is 0 Å². The number of nitrogens with one attached hydrogen (secondary N) is 1. The van der Waals surface area contributed by atoms with Gasteiger partial charge in [0.25, 0.3) is 0 Å². The Morgan fingerprint density at radius 2 is 1.90 bits per heavy atom. The smallest absolute Gasteiger partial charge is 0.0589 e. The van der Waals surface area contributed by atoms with Crippen molar-refractivity contribution in [2.75, 3.05) is 6.61 Å². The van der Waals surface area contributed by atoms with E-state index < -0.39 is 0 Å². The summed E-state index contributed by atoms with van der Waals surface area (Å²) in [4.78, 5) is 0. The molecule has 0 spiro atoms. The van der Waals surface area contributed by atoms with Gasteiger partial charge in [-0.25, -0.2) is 0 Å². The molecule has 0 saturated heterocycles. The van der Waals surface area contributed by atoms with E-state index in [9.17, 15) is 5.11 Å². The van der Waals surface area contributed by atoms with Crippen molar-refractivity contribution in [1.29, 1.82) is 0 Å². The predicted molar refractivity (Wildman–Crippen MR) is 87.5 cm³/mol. The van der Waals surface area contributed by atoms with Crippen LogP contribution in [0, 0.1) is 5.41 Å². The van der Waals surface area contributed by atoms with E-state index in [1.54, 1.807) is 0 Å². The first-order valence-electron chi connectivity index (χ1n) is 7.18. The molecule has 0 saturated carbocycles. The third-order valence-electron chi connectivity index (χ3n) is 3.38. The van der Waals surface area contributed by atoms with Crippen molar-refractivity contribution in [3.63, 3.8) is 0 Å². The van der Waals surface area contributed by atoms with Crippen molar-refractivity contribution in [1.82, 2.24) is 5.32 Å². The molecule has 2 heteroatoms. The molecule has 110 valence electrons. The van der Waals surface area contributed by atoms with Crippen molar-refractivity contribution in [2.24, 2.45) is 5.41 Å². The first-order chi connectivity index (χ1) is 9.47. The van der Waals surface area contributed by atoms with Crippen LogP contribution in [-0.4, -0.2) is 23.8 Å². The standard InChI is InChI=1S/C18H27NO/c1-5-9-16(19-17(14-20)18(2,3)4)13-12-15-10-7-6-8-11-15/h5-8,10-13,16-17,19-20H,1,9,14H2,2-4H3/b13-12+/t16-,17+/m0/s1. The molecular formula is C18H27NO. The van der Waals surface area contributed by atoms with Crippen molar-refractivity contribution >= 4 is 6.08 Å². The second kappa shape index (κ2) is 8.03. The van der Waals surface area contributed by atoms with Crippen LogP contribution >= 0.6 is 0 Å². The highest BCUT2D eigenvalue weighted by Crippen LogP contribution is 2.20. The van der Waals surface area contributed by atoms with E-state index in [1.807, 2.05) is 24.3 Å². The summed E-state index contributed by atoms with van der Waals surface area (Å²) < 4.78 is 0. The molecule has 2 atom stereocenters. The minimum absolute atomic E-state index is 0.0226. The molecule has 1 rings (SSSR count). The largest absolute Gasteiger partial charge is 0.395 e. The summed E-state index contributed by atoms with van der Waals surface area (Å²) >= 11 is 0. The monoisotopic (exact) mass is 273 g/mol. The minimum atomic E-state index is 0.0226. The zero-order valence-corrected chi connectivity index (χ0v) is 12.8. The van der Waals surface area contributed by atoms with Gasteiger partial charge >= 0.3 is 0 Å². The number of hydrogen-bond donors (Lipinski definition) is 2. The minimum Gasteiger partial charge on any atom is -0.395 e. The first kappa shape index (κ1) is 16.7. The fraction of sp³-hybridized carbons (Fsp3) is 0.444. The van der Waals surface area contributed by atoms with Crippen LogP contribution in [0.1, 0.15) is 32.8 Å². The van der Waals surface area contributed by atoms with E-state index in [4.69, 9.17) is 0 Å². The van der Waals surface area contributed by atoms with Crippen molar-refractivity contribution in [2.45, 2.75) is 39.3 Å². The van der Waals surface area contributed by atoms with Gasteiger partial charge in [0, 0.05) is 12.1 Å². The highest BCUT2D eigenvalue weighted by molar-refractivity contribution is 5.49. The Balaban J connectivity index is 2.74. The Labute approximate surface area is 123 Å². The van der Waals surface area contributed by atoms with E-state index in [-0.39, 0.29) is 24.1 Å². The van der Waals surface area contributed by atoms with Crippen molar-refractivity contribution in [3.8, 4) is 0 Å². The first-order valence-corrected chi connectivity index (χ1v) is 7.18. The van der Waals surface area contributed by atoms with Gasteiger partial charge in [-0.05, 0) is 17.4 Å². The lowest BCUT2D eigenvalue weighted by Crippen LogP contribution is -2.47. The second-order valence-electron chi connectivity index (χ2n) is 6.17. The van der Waals surface area contributed by atoms with E-state index in [2.05, 4.69) is 57.0 Å². The van der Waals surface area contributed by atoms with Crippen molar-refractivity contribution in [3.05, 3.63) is 54.6 Å². The molecule has 2 N–H and O–H groups in total. The maximum atomic E-state index is 9.55. The van der Waals surface area contributed by atoms with Crippen LogP contribution in [0.25, 0.3) is 6.08 Å². The van der Waals surface area contributed by atoms with Crippen LogP contribution < -0.4 is 5.32 Å². The molecule has 1 aromatic rings. The number of hydrogen-bond acceptors (Lipinski definition) is 2.